The second kappa shape index (κ2) is 9.33. The van der Waals surface area contributed by atoms with E-state index in [-0.39, 0.29) is 23.3 Å². The number of amides is 1. The molecule has 0 radical (unpaired) electrons. The first kappa shape index (κ1) is 22.2. The Bertz CT molecular complexity index is 1120. The van der Waals surface area contributed by atoms with Gasteiger partial charge in [0.25, 0.3) is 0 Å². The molecule has 3 heterocycles. The summed E-state index contributed by atoms with van der Waals surface area (Å²) < 4.78 is 20.4. The van der Waals surface area contributed by atoms with Crippen LogP contribution >= 0.6 is 0 Å². The molecule has 1 aromatic carbocycles. The van der Waals surface area contributed by atoms with Gasteiger partial charge >= 0.3 is 6.09 Å². The molecule has 9 nitrogen and oxygen atoms in total. The third kappa shape index (κ3) is 4.18. The number of nitriles is 1. The van der Waals surface area contributed by atoms with Crippen molar-refractivity contribution in [1.29, 1.82) is 5.26 Å². The number of fused-ring (bicyclic) bond motifs is 1. The zero-order valence-electron chi connectivity index (χ0n) is 18.8. The van der Waals surface area contributed by atoms with Crippen LogP contribution in [-0.4, -0.2) is 57.8 Å². The maximum Gasteiger partial charge on any atom is 0.407 e. The molecule has 1 amide bonds. The van der Waals surface area contributed by atoms with Crippen molar-refractivity contribution >= 4 is 23.4 Å². The zero-order chi connectivity index (χ0) is 23.7. The molecule has 0 spiro atoms. The second-order valence-corrected chi connectivity index (χ2v) is 9.11. The molecule has 1 saturated heterocycles. The summed E-state index contributed by atoms with van der Waals surface area (Å²) >= 11 is 0. The Balaban J connectivity index is 1.40. The number of aromatic nitrogens is 2. The summed E-state index contributed by atoms with van der Waals surface area (Å²) in [6.07, 6.45) is 6.53. The van der Waals surface area contributed by atoms with Crippen molar-refractivity contribution in [3.05, 3.63) is 35.9 Å². The summed E-state index contributed by atoms with van der Waals surface area (Å²) in [7, 11) is 0. The quantitative estimate of drug-likeness (QED) is 0.691. The molecule has 2 aromatic rings. The number of benzene rings is 1. The van der Waals surface area contributed by atoms with Gasteiger partial charge in [-0.2, -0.15) is 5.26 Å². The number of hydrogen-bond donors (Lipinski definition) is 2. The summed E-state index contributed by atoms with van der Waals surface area (Å²) in [4.78, 5) is 24.5. The third-order valence-electron chi connectivity index (χ3n) is 7.23. The van der Waals surface area contributed by atoms with Gasteiger partial charge in [0.1, 0.15) is 18.8 Å². The molecule has 2 unspecified atom stereocenters. The van der Waals surface area contributed by atoms with Gasteiger partial charge in [-0.3, -0.25) is 0 Å². The van der Waals surface area contributed by atoms with Crippen molar-refractivity contribution in [3.8, 4) is 11.8 Å². The highest BCUT2D eigenvalue weighted by Crippen LogP contribution is 2.41. The van der Waals surface area contributed by atoms with Crippen molar-refractivity contribution < 1.29 is 19.0 Å². The van der Waals surface area contributed by atoms with E-state index >= 15 is 0 Å². The van der Waals surface area contributed by atoms with E-state index in [2.05, 4.69) is 20.2 Å². The van der Waals surface area contributed by atoms with Crippen LogP contribution in [-0.2, 0) is 0 Å². The Hall–Kier alpha value is -3.61. The average Bonchev–Trinajstić information content (AvgIpc) is 3.39. The first-order valence-electron chi connectivity index (χ1n) is 11.8. The minimum atomic E-state index is -0.837. The Labute approximate surface area is 197 Å². The Morgan fingerprint density at radius 2 is 2.06 bits per heavy atom. The molecule has 0 bridgehead atoms. The topological polar surface area (TPSA) is 115 Å². The van der Waals surface area contributed by atoms with Gasteiger partial charge in [-0.1, -0.05) is 12.8 Å². The van der Waals surface area contributed by atoms with Crippen LogP contribution in [0.5, 0.6) is 5.75 Å². The number of rotatable bonds is 4. The molecule has 178 valence electrons. The van der Waals surface area contributed by atoms with Gasteiger partial charge in [0, 0.05) is 18.6 Å². The summed E-state index contributed by atoms with van der Waals surface area (Å²) in [6.45, 7) is 1.57. The fraction of sp³-hybridized carbons (Fsp3) is 0.500. The van der Waals surface area contributed by atoms with Crippen LogP contribution in [0.25, 0.3) is 0 Å². The number of ether oxygens (including phenoxy) is 1. The summed E-state index contributed by atoms with van der Waals surface area (Å²) in [5.74, 6) is 1.29. The molecular formula is C24H27FN6O3. The van der Waals surface area contributed by atoms with Crippen LogP contribution in [0.15, 0.2) is 24.5 Å². The number of piperidine rings is 1. The van der Waals surface area contributed by atoms with E-state index in [1.165, 1.54) is 24.5 Å². The number of hydrogen-bond acceptors (Lipinski definition) is 7. The Kier molecular flexibility index (Phi) is 6.09. The smallest absolute Gasteiger partial charge is 0.407 e. The van der Waals surface area contributed by atoms with E-state index in [0.717, 1.165) is 32.1 Å². The number of carbonyl (C=O) groups is 1. The molecule has 1 saturated carbocycles. The van der Waals surface area contributed by atoms with Crippen LogP contribution in [0.1, 0.15) is 44.1 Å². The first-order chi connectivity index (χ1) is 16.5. The van der Waals surface area contributed by atoms with Gasteiger partial charge in [-0.15, -0.1) is 0 Å². The van der Waals surface area contributed by atoms with E-state index in [4.69, 9.17) is 10.00 Å². The fourth-order valence-electron chi connectivity index (χ4n) is 5.60. The monoisotopic (exact) mass is 466 g/mol. The Morgan fingerprint density at radius 1 is 1.24 bits per heavy atom. The zero-order valence-corrected chi connectivity index (χ0v) is 18.8. The predicted octanol–water partition coefficient (Wildman–Crippen LogP) is 4.13. The highest BCUT2D eigenvalue weighted by molar-refractivity contribution is 5.71. The molecule has 1 aromatic heterocycles. The van der Waals surface area contributed by atoms with Crippen molar-refractivity contribution in [2.24, 2.45) is 5.92 Å². The molecule has 10 heteroatoms. The third-order valence-corrected chi connectivity index (χ3v) is 7.23. The first-order valence-corrected chi connectivity index (χ1v) is 11.8. The summed E-state index contributed by atoms with van der Waals surface area (Å²) in [5.41, 5.74) is 0.427. The van der Waals surface area contributed by atoms with Crippen molar-refractivity contribution in [3.63, 3.8) is 0 Å². The second-order valence-electron chi connectivity index (χ2n) is 9.11. The molecule has 2 aliphatic heterocycles. The van der Waals surface area contributed by atoms with Gasteiger partial charge in [0.15, 0.2) is 11.6 Å². The largest absolute Gasteiger partial charge is 0.485 e. The van der Waals surface area contributed by atoms with Gasteiger partial charge in [0.05, 0.1) is 23.9 Å². The van der Waals surface area contributed by atoms with E-state index in [0.29, 0.717) is 49.4 Å². The van der Waals surface area contributed by atoms with Gasteiger partial charge in [-0.25, -0.2) is 19.2 Å². The van der Waals surface area contributed by atoms with Crippen LogP contribution in [0.4, 0.5) is 26.5 Å². The van der Waals surface area contributed by atoms with E-state index < -0.39 is 11.9 Å². The fourth-order valence-corrected chi connectivity index (χ4v) is 5.60. The number of likely N-dealkylation sites (tertiary alicyclic amines) is 1. The molecule has 2 atom stereocenters. The lowest BCUT2D eigenvalue weighted by Gasteiger charge is -2.46. The highest BCUT2D eigenvalue weighted by Gasteiger charge is 2.41. The maximum atomic E-state index is 14.5. The van der Waals surface area contributed by atoms with E-state index in [9.17, 15) is 14.3 Å². The normalized spacial score (nSPS) is 22.6. The minimum absolute atomic E-state index is 0.0113. The predicted molar refractivity (Wildman–Crippen MR) is 123 cm³/mol. The number of nitrogens with one attached hydrogen (secondary N) is 1. The van der Waals surface area contributed by atoms with Crippen LogP contribution in [0, 0.1) is 23.1 Å². The van der Waals surface area contributed by atoms with Crippen molar-refractivity contribution in [1.82, 2.24) is 14.9 Å². The van der Waals surface area contributed by atoms with E-state index in [1.54, 1.807) is 4.90 Å². The lowest BCUT2D eigenvalue weighted by Crippen LogP contribution is -2.55. The van der Waals surface area contributed by atoms with Crippen molar-refractivity contribution in [2.45, 2.75) is 50.6 Å². The van der Waals surface area contributed by atoms with E-state index in [1.807, 2.05) is 6.07 Å². The number of nitrogens with zero attached hydrogens (tertiary/aromatic N) is 5. The Morgan fingerprint density at radius 3 is 2.79 bits per heavy atom. The molecule has 2 fully saturated rings. The molecule has 34 heavy (non-hydrogen) atoms. The van der Waals surface area contributed by atoms with Gasteiger partial charge in [-0.05, 0) is 49.8 Å². The number of carboxylic acid groups (broad SMARTS) is 1. The van der Waals surface area contributed by atoms with Gasteiger partial charge in [0.2, 0.25) is 5.75 Å². The van der Waals surface area contributed by atoms with Crippen LogP contribution < -0.4 is 15.0 Å². The van der Waals surface area contributed by atoms with Crippen LogP contribution in [0.3, 0.4) is 0 Å². The lowest BCUT2D eigenvalue weighted by atomic mass is 9.86. The molecule has 1 aliphatic carbocycles. The molecule has 2 N–H and O–H groups in total. The van der Waals surface area contributed by atoms with Crippen LogP contribution in [0.2, 0.25) is 0 Å². The maximum absolute atomic E-state index is 14.5. The number of anilines is 3. The van der Waals surface area contributed by atoms with Crippen molar-refractivity contribution in [2.75, 3.05) is 29.9 Å². The lowest BCUT2D eigenvalue weighted by molar-refractivity contribution is 0.0752. The summed E-state index contributed by atoms with van der Waals surface area (Å²) in [5, 5.41) is 21.7. The molecule has 5 rings (SSSR count). The highest BCUT2D eigenvalue weighted by atomic mass is 19.1. The molecular weight excluding hydrogens is 439 g/mol. The minimum Gasteiger partial charge on any atom is -0.485 e. The number of halogens is 1. The SMILES string of the molecule is N#Cc1ccc(Nc2ncnc3c2OCCN3C2CCN(C(=O)O)C(C3CCCC3)C2)c(F)c1. The summed E-state index contributed by atoms with van der Waals surface area (Å²) in [6, 6.07) is 6.27. The average molecular weight is 467 g/mol. The standard InChI is InChI=1S/C24H27FN6O3/c25-18-11-15(13-26)5-6-19(18)29-22-21-23(28-14-27-22)30(9-10-34-21)17-7-8-31(24(32)33)20(12-17)16-3-1-2-4-16/h5-6,11,14,16-17,20H,1-4,7-10,12H2,(H,32,33)(H,27,28,29). The molecule has 3 aliphatic rings. The van der Waals surface area contributed by atoms with Gasteiger partial charge < -0.3 is 25.0 Å².